The molecule has 0 saturated carbocycles. The molecule has 0 aliphatic carbocycles. The van der Waals surface area contributed by atoms with Crippen LogP contribution in [0.15, 0.2) is 60.8 Å². The zero-order valence-corrected chi connectivity index (χ0v) is 15.6. The Balaban J connectivity index is 2.31. The van der Waals surface area contributed by atoms with Gasteiger partial charge in [-0.15, -0.1) is 0 Å². The maximum absolute atomic E-state index is 12.6. The van der Waals surface area contributed by atoms with Gasteiger partial charge >= 0.3 is 11.9 Å². The predicted octanol–water partition coefficient (Wildman–Crippen LogP) is 3.90. The number of nitro groups is 1. The van der Waals surface area contributed by atoms with E-state index in [4.69, 9.17) is 9.47 Å². The molecule has 2 aromatic carbocycles. The van der Waals surface area contributed by atoms with Gasteiger partial charge in [0.25, 0.3) is 5.69 Å². The number of carbonyl (C=O) groups is 2. The molecule has 0 spiro atoms. The highest BCUT2D eigenvalue weighted by atomic mass is 16.6. The molecule has 3 rings (SSSR count). The summed E-state index contributed by atoms with van der Waals surface area (Å²) in [5.41, 5.74) is 1.47. The van der Waals surface area contributed by atoms with Crippen molar-refractivity contribution < 1.29 is 24.0 Å². The van der Waals surface area contributed by atoms with E-state index in [1.807, 2.05) is 6.07 Å². The molecule has 0 aliphatic rings. The summed E-state index contributed by atoms with van der Waals surface area (Å²) in [6.45, 7) is 0. The van der Waals surface area contributed by atoms with Gasteiger partial charge in [0.15, 0.2) is 0 Å². The summed E-state index contributed by atoms with van der Waals surface area (Å²) in [6, 6.07) is 14.4. The Morgan fingerprint density at radius 3 is 2.00 bits per heavy atom. The number of nitro benzene ring substituents is 1. The zero-order chi connectivity index (χ0) is 21.0. The van der Waals surface area contributed by atoms with Gasteiger partial charge in [-0.25, -0.2) is 9.59 Å². The highest BCUT2D eigenvalue weighted by molar-refractivity contribution is 6.11. The van der Waals surface area contributed by atoms with Crippen LogP contribution in [0.1, 0.15) is 20.7 Å². The van der Waals surface area contributed by atoms with Crippen molar-refractivity contribution in [1.82, 2.24) is 4.98 Å². The standard InChI is InChI=1S/C21H16N2O6/c1-28-20(24)17-16(13-6-4-3-5-7-13)12-22-19(18(17)21(25)29-2)14-8-10-15(11-9-14)23(26)27/h3-12H,1-2H3. The number of benzene rings is 2. The van der Waals surface area contributed by atoms with Crippen LogP contribution in [0, 0.1) is 10.1 Å². The average molecular weight is 392 g/mol. The third kappa shape index (κ3) is 3.81. The Morgan fingerprint density at radius 1 is 0.862 bits per heavy atom. The summed E-state index contributed by atoms with van der Waals surface area (Å²) in [5.74, 6) is -1.50. The SMILES string of the molecule is COC(=O)c1c(-c2ccccc2)cnc(-c2ccc([N+](=O)[O-])cc2)c1C(=O)OC. The first-order valence-electron chi connectivity index (χ1n) is 8.47. The molecular weight excluding hydrogens is 376 g/mol. The molecule has 0 amide bonds. The van der Waals surface area contributed by atoms with Gasteiger partial charge in [-0.3, -0.25) is 15.1 Å². The first-order chi connectivity index (χ1) is 14.0. The van der Waals surface area contributed by atoms with Crippen molar-refractivity contribution >= 4 is 17.6 Å². The molecule has 0 radical (unpaired) electrons. The van der Waals surface area contributed by atoms with Crippen LogP contribution < -0.4 is 0 Å². The molecule has 146 valence electrons. The number of carbonyl (C=O) groups excluding carboxylic acids is 2. The summed E-state index contributed by atoms with van der Waals surface area (Å²) in [7, 11) is 2.41. The largest absolute Gasteiger partial charge is 0.465 e. The molecule has 1 heterocycles. The molecule has 0 N–H and O–H groups in total. The molecule has 0 unspecified atom stereocenters. The quantitative estimate of drug-likeness (QED) is 0.368. The summed E-state index contributed by atoms with van der Waals surface area (Å²) in [5, 5.41) is 10.9. The topological polar surface area (TPSA) is 109 Å². The van der Waals surface area contributed by atoms with E-state index in [1.165, 1.54) is 44.7 Å². The van der Waals surface area contributed by atoms with Crippen LogP contribution in [0.2, 0.25) is 0 Å². The van der Waals surface area contributed by atoms with Gasteiger partial charge in [-0.2, -0.15) is 0 Å². The zero-order valence-electron chi connectivity index (χ0n) is 15.6. The number of ether oxygens (including phenoxy) is 2. The average Bonchev–Trinajstić information content (AvgIpc) is 2.77. The molecule has 8 nitrogen and oxygen atoms in total. The number of aromatic nitrogens is 1. The molecule has 0 aliphatic heterocycles. The van der Waals surface area contributed by atoms with E-state index in [2.05, 4.69) is 4.98 Å². The van der Waals surface area contributed by atoms with Crippen LogP contribution >= 0.6 is 0 Å². The minimum absolute atomic E-state index is 0.00824. The van der Waals surface area contributed by atoms with E-state index < -0.39 is 16.9 Å². The highest BCUT2D eigenvalue weighted by Gasteiger charge is 2.28. The van der Waals surface area contributed by atoms with Crippen molar-refractivity contribution in [3.8, 4) is 22.4 Å². The molecule has 0 atom stereocenters. The third-order valence-corrected chi connectivity index (χ3v) is 4.29. The molecule has 0 bridgehead atoms. The van der Waals surface area contributed by atoms with Crippen LogP contribution in [0.25, 0.3) is 22.4 Å². The van der Waals surface area contributed by atoms with E-state index in [9.17, 15) is 19.7 Å². The van der Waals surface area contributed by atoms with Crippen LogP contribution in [0.4, 0.5) is 5.69 Å². The number of methoxy groups -OCH3 is 2. The molecule has 8 heteroatoms. The van der Waals surface area contributed by atoms with E-state index in [0.29, 0.717) is 16.7 Å². The van der Waals surface area contributed by atoms with Crippen LogP contribution in [0.5, 0.6) is 0 Å². The first kappa shape index (κ1) is 19.7. The number of hydrogen-bond acceptors (Lipinski definition) is 7. The Morgan fingerprint density at radius 2 is 1.45 bits per heavy atom. The summed E-state index contributed by atoms with van der Waals surface area (Å²) in [6.07, 6.45) is 1.46. The molecule has 0 fully saturated rings. The van der Waals surface area contributed by atoms with Crippen molar-refractivity contribution in [3.63, 3.8) is 0 Å². The predicted molar refractivity (Wildman–Crippen MR) is 104 cm³/mol. The smallest absolute Gasteiger partial charge is 0.340 e. The highest BCUT2D eigenvalue weighted by Crippen LogP contribution is 2.33. The summed E-state index contributed by atoms with van der Waals surface area (Å²) in [4.78, 5) is 40.0. The lowest BCUT2D eigenvalue weighted by atomic mass is 9.93. The van der Waals surface area contributed by atoms with Crippen LogP contribution in [-0.4, -0.2) is 36.1 Å². The number of nitrogens with zero attached hydrogens (tertiary/aromatic N) is 2. The van der Waals surface area contributed by atoms with Crippen molar-refractivity contribution in [2.45, 2.75) is 0 Å². The summed E-state index contributed by atoms with van der Waals surface area (Å²) < 4.78 is 9.80. The number of rotatable bonds is 5. The van der Waals surface area contributed by atoms with Gasteiger partial charge in [0, 0.05) is 29.5 Å². The van der Waals surface area contributed by atoms with Gasteiger partial charge in [-0.1, -0.05) is 30.3 Å². The maximum Gasteiger partial charge on any atom is 0.340 e. The fourth-order valence-corrected chi connectivity index (χ4v) is 2.92. The molecule has 1 aromatic heterocycles. The second kappa shape index (κ2) is 8.30. The maximum atomic E-state index is 12.6. The van der Waals surface area contributed by atoms with Crippen LogP contribution in [0.3, 0.4) is 0 Å². The van der Waals surface area contributed by atoms with Gasteiger partial charge in [-0.05, 0) is 17.7 Å². The molecule has 29 heavy (non-hydrogen) atoms. The van der Waals surface area contributed by atoms with E-state index in [-0.39, 0.29) is 22.5 Å². The van der Waals surface area contributed by atoms with Crippen molar-refractivity contribution in [2.24, 2.45) is 0 Å². The Hall–Kier alpha value is -4.07. The Bertz CT molecular complexity index is 1080. The van der Waals surface area contributed by atoms with E-state index in [1.54, 1.807) is 24.3 Å². The molecule has 3 aromatic rings. The molecule has 0 saturated heterocycles. The number of pyridine rings is 1. The van der Waals surface area contributed by atoms with E-state index in [0.717, 1.165) is 0 Å². The van der Waals surface area contributed by atoms with Gasteiger partial charge in [0.1, 0.15) is 5.56 Å². The monoisotopic (exact) mass is 392 g/mol. The van der Waals surface area contributed by atoms with Crippen molar-refractivity contribution in [3.05, 3.63) is 82.0 Å². The lowest BCUT2D eigenvalue weighted by Gasteiger charge is -2.15. The Labute approximate surface area is 165 Å². The van der Waals surface area contributed by atoms with Gasteiger partial charge < -0.3 is 9.47 Å². The minimum Gasteiger partial charge on any atom is -0.465 e. The van der Waals surface area contributed by atoms with Crippen molar-refractivity contribution in [2.75, 3.05) is 14.2 Å². The van der Waals surface area contributed by atoms with Gasteiger partial charge in [0.05, 0.1) is 30.4 Å². The number of hydrogen-bond donors (Lipinski definition) is 0. The number of non-ortho nitro benzene ring substituents is 1. The van der Waals surface area contributed by atoms with Crippen molar-refractivity contribution in [1.29, 1.82) is 0 Å². The second-order valence-corrected chi connectivity index (χ2v) is 5.92. The third-order valence-electron chi connectivity index (χ3n) is 4.29. The van der Waals surface area contributed by atoms with Crippen LogP contribution in [-0.2, 0) is 9.47 Å². The Kier molecular flexibility index (Phi) is 5.64. The van der Waals surface area contributed by atoms with E-state index >= 15 is 0 Å². The molecular formula is C21H16N2O6. The minimum atomic E-state index is -0.774. The second-order valence-electron chi connectivity index (χ2n) is 5.92. The summed E-state index contributed by atoms with van der Waals surface area (Å²) >= 11 is 0. The normalized spacial score (nSPS) is 10.3. The lowest BCUT2D eigenvalue weighted by Crippen LogP contribution is -2.16. The fourth-order valence-electron chi connectivity index (χ4n) is 2.92. The fraction of sp³-hybridized carbons (Fsp3) is 0.0952. The lowest BCUT2D eigenvalue weighted by molar-refractivity contribution is -0.384. The number of esters is 2. The van der Waals surface area contributed by atoms with Gasteiger partial charge in [0.2, 0.25) is 0 Å². The first-order valence-corrected chi connectivity index (χ1v) is 8.47.